The van der Waals surface area contributed by atoms with Gasteiger partial charge in [-0.05, 0) is 49.2 Å². The van der Waals surface area contributed by atoms with E-state index in [1.807, 2.05) is 12.1 Å². The molecule has 0 aromatic heterocycles. The molecule has 1 aliphatic rings. The van der Waals surface area contributed by atoms with Crippen molar-refractivity contribution in [1.82, 2.24) is 4.31 Å². The first-order valence-corrected chi connectivity index (χ1v) is 12.3. The molecule has 178 valence electrons. The summed E-state index contributed by atoms with van der Waals surface area (Å²) in [6, 6.07) is 10.8. The van der Waals surface area contributed by atoms with Gasteiger partial charge >= 0.3 is 5.69 Å². The van der Waals surface area contributed by atoms with Crippen LogP contribution in [0.15, 0.2) is 47.4 Å². The van der Waals surface area contributed by atoms with Crippen LogP contribution in [0.4, 0.5) is 17.1 Å². The number of nitro benzene ring substituents is 1. The first-order valence-electron chi connectivity index (χ1n) is 10.8. The first kappa shape index (κ1) is 24.5. The largest absolute Gasteiger partial charge is 0.477 e. The summed E-state index contributed by atoms with van der Waals surface area (Å²) in [5, 5.41) is 14.2. The van der Waals surface area contributed by atoms with Crippen LogP contribution in [0.25, 0.3) is 0 Å². The van der Waals surface area contributed by atoms with Gasteiger partial charge in [0.15, 0.2) is 12.4 Å². The zero-order chi connectivity index (χ0) is 24.0. The number of nitrogens with zero attached hydrogens (tertiary/aromatic N) is 3. The van der Waals surface area contributed by atoms with Crippen molar-refractivity contribution in [3.05, 3.63) is 52.6 Å². The van der Waals surface area contributed by atoms with Crippen LogP contribution in [0.5, 0.6) is 5.75 Å². The van der Waals surface area contributed by atoms with Crippen molar-refractivity contribution in [2.45, 2.75) is 31.6 Å². The molecule has 1 heterocycles. The highest BCUT2D eigenvalue weighted by molar-refractivity contribution is 7.89. The van der Waals surface area contributed by atoms with Gasteiger partial charge in [0.1, 0.15) is 0 Å². The van der Waals surface area contributed by atoms with Crippen molar-refractivity contribution >= 4 is 33.0 Å². The van der Waals surface area contributed by atoms with Crippen molar-refractivity contribution in [1.29, 1.82) is 0 Å². The molecule has 0 atom stereocenters. The van der Waals surface area contributed by atoms with E-state index in [1.165, 1.54) is 29.3 Å². The number of hydrogen-bond donors (Lipinski definition) is 1. The second-order valence-electron chi connectivity index (χ2n) is 7.55. The summed E-state index contributed by atoms with van der Waals surface area (Å²) in [6.45, 7) is 5.43. The molecule has 0 bridgehead atoms. The molecule has 10 nitrogen and oxygen atoms in total. The lowest BCUT2D eigenvalue weighted by atomic mass is 10.2. The third-order valence-electron chi connectivity index (χ3n) is 5.45. The summed E-state index contributed by atoms with van der Waals surface area (Å²) in [4.78, 5) is 25.1. The Bertz CT molecular complexity index is 1090. The molecule has 2 aromatic carbocycles. The molecule has 1 aliphatic heterocycles. The summed E-state index contributed by atoms with van der Waals surface area (Å²) < 4.78 is 31.9. The smallest absolute Gasteiger partial charge is 0.312 e. The molecule has 11 heteroatoms. The maximum absolute atomic E-state index is 12.7. The lowest BCUT2D eigenvalue weighted by Crippen LogP contribution is -2.30. The summed E-state index contributed by atoms with van der Waals surface area (Å²) in [7, 11) is -3.87. The average Bonchev–Trinajstić information content (AvgIpc) is 3.33. The number of anilines is 2. The molecule has 0 spiro atoms. The number of nitrogens with one attached hydrogen (secondary N) is 1. The van der Waals surface area contributed by atoms with Crippen molar-refractivity contribution in [3.8, 4) is 5.75 Å². The zero-order valence-corrected chi connectivity index (χ0v) is 19.5. The number of sulfonamides is 1. The topological polar surface area (TPSA) is 122 Å². The van der Waals surface area contributed by atoms with Gasteiger partial charge in [-0.3, -0.25) is 14.9 Å². The molecular weight excluding hydrogens is 448 g/mol. The summed E-state index contributed by atoms with van der Waals surface area (Å²) in [5.74, 6) is -0.670. The predicted octanol–water partition coefficient (Wildman–Crippen LogP) is 3.24. The standard InChI is InChI=1S/C22H28N4O6S/c1-3-25(4-2)33(30,31)19-11-12-21(20(15-19)26(28)29)32-16-22(27)23-17-7-9-18(10-8-17)24-13-5-6-14-24/h7-12,15H,3-6,13-14,16H2,1-2H3,(H,23,27). The lowest BCUT2D eigenvalue weighted by Gasteiger charge is -2.18. The highest BCUT2D eigenvalue weighted by atomic mass is 32.2. The van der Waals surface area contributed by atoms with Crippen LogP contribution in [-0.4, -0.2) is 56.3 Å². The van der Waals surface area contributed by atoms with Crippen LogP contribution >= 0.6 is 0 Å². The third-order valence-corrected chi connectivity index (χ3v) is 7.50. The monoisotopic (exact) mass is 476 g/mol. The molecular formula is C22H28N4O6S. The molecule has 0 saturated carbocycles. The van der Waals surface area contributed by atoms with E-state index in [4.69, 9.17) is 4.74 Å². The predicted molar refractivity (Wildman–Crippen MR) is 125 cm³/mol. The van der Waals surface area contributed by atoms with Crippen LogP contribution in [-0.2, 0) is 14.8 Å². The summed E-state index contributed by atoms with van der Waals surface area (Å²) in [5.41, 5.74) is 1.16. The van der Waals surface area contributed by atoms with Crippen LogP contribution < -0.4 is 15.0 Å². The second kappa shape index (κ2) is 10.6. The molecule has 1 fully saturated rings. The van der Waals surface area contributed by atoms with Gasteiger partial charge in [-0.15, -0.1) is 0 Å². The van der Waals surface area contributed by atoms with E-state index in [-0.39, 0.29) is 23.7 Å². The Labute approximate surface area is 193 Å². The van der Waals surface area contributed by atoms with E-state index in [0.29, 0.717) is 5.69 Å². The van der Waals surface area contributed by atoms with Crippen molar-refractivity contribution < 1.29 is 22.9 Å². The van der Waals surface area contributed by atoms with E-state index < -0.39 is 33.1 Å². The maximum atomic E-state index is 12.7. The number of hydrogen-bond acceptors (Lipinski definition) is 7. The van der Waals surface area contributed by atoms with Crippen molar-refractivity contribution in [3.63, 3.8) is 0 Å². The highest BCUT2D eigenvalue weighted by Gasteiger charge is 2.26. The highest BCUT2D eigenvalue weighted by Crippen LogP contribution is 2.31. The molecule has 1 N–H and O–H groups in total. The quantitative estimate of drug-likeness (QED) is 0.413. The van der Waals surface area contributed by atoms with E-state index in [0.717, 1.165) is 24.8 Å². The molecule has 0 aliphatic carbocycles. The van der Waals surface area contributed by atoms with Gasteiger partial charge < -0.3 is 15.0 Å². The minimum atomic E-state index is -3.87. The van der Waals surface area contributed by atoms with Crippen molar-refractivity contribution in [2.75, 3.05) is 43.0 Å². The van der Waals surface area contributed by atoms with Crippen molar-refractivity contribution in [2.24, 2.45) is 0 Å². The fourth-order valence-electron chi connectivity index (χ4n) is 3.71. The number of rotatable bonds is 10. The molecule has 0 unspecified atom stereocenters. The fraction of sp³-hybridized carbons (Fsp3) is 0.409. The Hall–Kier alpha value is -3.18. The Morgan fingerprint density at radius 1 is 1.12 bits per heavy atom. The number of nitro groups is 1. The maximum Gasteiger partial charge on any atom is 0.312 e. The van der Waals surface area contributed by atoms with E-state index in [9.17, 15) is 23.3 Å². The van der Waals surface area contributed by atoms with E-state index in [2.05, 4.69) is 10.2 Å². The minimum absolute atomic E-state index is 0.182. The molecule has 3 rings (SSSR count). The Morgan fingerprint density at radius 3 is 2.33 bits per heavy atom. The second-order valence-corrected chi connectivity index (χ2v) is 9.49. The molecule has 1 saturated heterocycles. The Morgan fingerprint density at radius 2 is 1.76 bits per heavy atom. The van der Waals surface area contributed by atoms with Gasteiger partial charge in [-0.1, -0.05) is 13.8 Å². The summed E-state index contributed by atoms with van der Waals surface area (Å²) in [6.07, 6.45) is 2.34. The number of amides is 1. The number of carbonyl (C=O) groups excluding carboxylic acids is 1. The van der Waals surface area contributed by atoms with Crippen LogP contribution in [0, 0.1) is 10.1 Å². The Kier molecular flexibility index (Phi) is 7.88. The average molecular weight is 477 g/mol. The fourth-order valence-corrected chi connectivity index (χ4v) is 5.18. The molecule has 1 amide bonds. The van der Waals surface area contributed by atoms with Crippen LogP contribution in [0.2, 0.25) is 0 Å². The Balaban J connectivity index is 1.66. The number of benzene rings is 2. The normalized spacial score (nSPS) is 13.8. The van der Waals surface area contributed by atoms with Crippen LogP contribution in [0.1, 0.15) is 26.7 Å². The van der Waals surface area contributed by atoms with Gasteiger partial charge in [0, 0.05) is 43.6 Å². The first-order chi connectivity index (χ1) is 15.8. The van der Waals surface area contributed by atoms with Gasteiger partial charge in [-0.25, -0.2) is 8.42 Å². The van der Waals surface area contributed by atoms with E-state index in [1.54, 1.807) is 26.0 Å². The number of ether oxygens (including phenoxy) is 1. The van der Waals surface area contributed by atoms with Gasteiger partial charge in [0.25, 0.3) is 5.91 Å². The summed E-state index contributed by atoms with van der Waals surface area (Å²) >= 11 is 0. The van der Waals surface area contributed by atoms with Gasteiger partial charge in [0.05, 0.1) is 9.82 Å². The molecule has 2 aromatic rings. The molecule has 33 heavy (non-hydrogen) atoms. The third kappa shape index (κ3) is 5.79. The van der Waals surface area contributed by atoms with E-state index >= 15 is 0 Å². The van der Waals surface area contributed by atoms with Crippen LogP contribution in [0.3, 0.4) is 0 Å². The van der Waals surface area contributed by atoms with Gasteiger partial charge in [-0.2, -0.15) is 4.31 Å². The zero-order valence-electron chi connectivity index (χ0n) is 18.7. The minimum Gasteiger partial charge on any atom is -0.477 e. The number of carbonyl (C=O) groups is 1. The SMILES string of the molecule is CCN(CC)S(=O)(=O)c1ccc(OCC(=O)Nc2ccc(N3CCCC3)cc2)c([N+](=O)[O-])c1. The van der Waals surface area contributed by atoms with Gasteiger partial charge in [0.2, 0.25) is 10.0 Å². The molecule has 0 radical (unpaired) electrons. The lowest BCUT2D eigenvalue weighted by molar-refractivity contribution is -0.386.